The molecule has 144 valence electrons. The average Bonchev–Trinajstić information content (AvgIpc) is 2.63. The summed E-state index contributed by atoms with van der Waals surface area (Å²) < 4.78 is 18.4. The summed E-state index contributed by atoms with van der Waals surface area (Å²) in [5.41, 5.74) is 1.34. The van der Waals surface area contributed by atoms with E-state index in [4.69, 9.17) is 13.3 Å². The van der Waals surface area contributed by atoms with Gasteiger partial charge < -0.3 is 18.2 Å². The van der Waals surface area contributed by atoms with E-state index in [2.05, 4.69) is 45.0 Å². The molecular weight excluding hydrogens is 346 g/mol. The van der Waals surface area contributed by atoms with Crippen molar-refractivity contribution in [3.8, 4) is 0 Å². The quantitative estimate of drug-likeness (QED) is 0.725. The Morgan fingerprint density at radius 1 is 0.769 bits per heavy atom. The van der Waals surface area contributed by atoms with Gasteiger partial charge in [-0.05, 0) is 25.1 Å². The van der Waals surface area contributed by atoms with Crippen molar-refractivity contribution in [2.75, 3.05) is 77.1 Å². The molecule has 0 N–H and O–H groups in total. The van der Waals surface area contributed by atoms with Crippen LogP contribution in [0.25, 0.3) is 0 Å². The Labute approximate surface area is 158 Å². The first kappa shape index (κ1) is 18.4. The van der Waals surface area contributed by atoms with Gasteiger partial charge in [0.1, 0.15) is 0 Å². The monoisotopic (exact) mass is 377 g/mol. The molecule has 0 atom stereocenters. The standard InChI is InChI=1S/C19H31N3O3Si/c1-2-5-19(6-3-1)22-10-8-20(9-11-22)7-4-18-26-23-15-12-21(13-16-24-26)14-17-25-26/h1-3,5-6H,4,7-18H2. The number of benzene rings is 1. The van der Waals surface area contributed by atoms with Crippen LogP contribution in [-0.4, -0.2) is 90.8 Å². The molecule has 0 unspecified atom stereocenters. The molecular formula is C19H31N3O3Si. The van der Waals surface area contributed by atoms with E-state index in [1.54, 1.807) is 0 Å². The molecule has 0 saturated carbocycles. The highest BCUT2D eigenvalue weighted by atomic mass is 28.4. The van der Waals surface area contributed by atoms with Crippen molar-refractivity contribution < 1.29 is 13.3 Å². The topological polar surface area (TPSA) is 37.4 Å². The number of piperazine rings is 1. The van der Waals surface area contributed by atoms with Gasteiger partial charge in [0.2, 0.25) is 0 Å². The van der Waals surface area contributed by atoms with Gasteiger partial charge in [-0.3, -0.25) is 9.80 Å². The molecule has 4 aliphatic heterocycles. The zero-order chi connectivity index (χ0) is 17.7. The minimum Gasteiger partial charge on any atom is -0.372 e. The fraction of sp³-hybridized carbons (Fsp3) is 0.684. The molecule has 4 fully saturated rings. The summed E-state index contributed by atoms with van der Waals surface area (Å²) in [5.74, 6) is 0. The van der Waals surface area contributed by atoms with Crippen molar-refractivity contribution in [3.63, 3.8) is 0 Å². The first-order valence-electron chi connectivity index (χ1n) is 10.00. The fourth-order valence-corrected chi connectivity index (χ4v) is 6.54. The fourth-order valence-electron chi connectivity index (χ4n) is 4.06. The maximum absolute atomic E-state index is 6.13. The smallest absolute Gasteiger partial charge is 0.372 e. The molecule has 6 nitrogen and oxygen atoms in total. The molecule has 0 spiro atoms. The highest BCUT2D eigenvalue weighted by Gasteiger charge is 2.43. The molecule has 2 bridgehead atoms. The largest absolute Gasteiger partial charge is 0.501 e. The second-order valence-corrected chi connectivity index (χ2v) is 10.1. The highest BCUT2D eigenvalue weighted by molar-refractivity contribution is 6.60. The van der Waals surface area contributed by atoms with Crippen molar-refractivity contribution in [1.29, 1.82) is 0 Å². The van der Waals surface area contributed by atoms with E-state index in [1.807, 2.05) is 0 Å². The molecule has 0 aromatic heterocycles. The van der Waals surface area contributed by atoms with Crippen molar-refractivity contribution in [3.05, 3.63) is 30.3 Å². The summed E-state index contributed by atoms with van der Waals surface area (Å²) in [7, 11) is -2.44. The third-order valence-electron chi connectivity index (χ3n) is 5.64. The Balaban J connectivity index is 1.22. The number of hydrogen-bond donors (Lipinski definition) is 0. The lowest BCUT2D eigenvalue weighted by molar-refractivity contribution is -0.00886. The van der Waals surface area contributed by atoms with E-state index in [0.717, 1.165) is 84.6 Å². The third kappa shape index (κ3) is 4.65. The summed E-state index contributed by atoms with van der Waals surface area (Å²) in [6.45, 7) is 10.9. The zero-order valence-corrected chi connectivity index (χ0v) is 16.6. The van der Waals surface area contributed by atoms with Gasteiger partial charge in [0.25, 0.3) is 0 Å². The molecule has 4 saturated heterocycles. The predicted octanol–water partition coefficient (Wildman–Crippen LogP) is 1.52. The molecule has 5 rings (SSSR count). The van der Waals surface area contributed by atoms with E-state index in [9.17, 15) is 0 Å². The van der Waals surface area contributed by atoms with Crippen molar-refractivity contribution >= 4 is 14.5 Å². The van der Waals surface area contributed by atoms with Crippen molar-refractivity contribution in [2.45, 2.75) is 12.5 Å². The van der Waals surface area contributed by atoms with Gasteiger partial charge >= 0.3 is 8.80 Å². The molecule has 1 aromatic rings. The van der Waals surface area contributed by atoms with Gasteiger partial charge in [-0.2, -0.15) is 0 Å². The maximum atomic E-state index is 6.13. The summed E-state index contributed by atoms with van der Waals surface area (Å²) in [6.07, 6.45) is 1.10. The van der Waals surface area contributed by atoms with Gasteiger partial charge in [-0.1, -0.05) is 18.2 Å². The number of rotatable bonds is 5. The second-order valence-electron chi connectivity index (χ2n) is 7.34. The van der Waals surface area contributed by atoms with E-state index >= 15 is 0 Å². The minimum atomic E-state index is -2.44. The molecule has 26 heavy (non-hydrogen) atoms. The molecule has 1 aromatic carbocycles. The summed E-state index contributed by atoms with van der Waals surface area (Å²) in [5, 5.41) is 0. The molecule has 4 heterocycles. The minimum absolute atomic E-state index is 0.752. The molecule has 0 amide bonds. The SMILES string of the molecule is c1ccc(N2CCN(CCC[Si]34OCCN(CCO3)CCO4)CC2)cc1. The Kier molecular flexibility index (Phi) is 6.24. The molecule has 0 radical (unpaired) electrons. The highest BCUT2D eigenvalue weighted by Crippen LogP contribution is 2.22. The van der Waals surface area contributed by atoms with Gasteiger partial charge in [0.05, 0.1) is 19.8 Å². The van der Waals surface area contributed by atoms with Crippen LogP contribution in [0.3, 0.4) is 0 Å². The van der Waals surface area contributed by atoms with E-state index in [-0.39, 0.29) is 0 Å². The Morgan fingerprint density at radius 3 is 2.00 bits per heavy atom. The van der Waals surface area contributed by atoms with E-state index in [0.29, 0.717) is 0 Å². The lowest BCUT2D eigenvalue weighted by Crippen LogP contribution is -2.55. The Bertz CT molecular complexity index is 528. The maximum Gasteiger partial charge on any atom is 0.501 e. The second kappa shape index (κ2) is 8.82. The number of nitrogens with zero attached hydrogens (tertiary/aromatic N) is 3. The number of anilines is 1. The van der Waals surface area contributed by atoms with Crippen molar-refractivity contribution in [2.24, 2.45) is 0 Å². The van der Waals surface area contributed by atoms with Crippen LogP contribution in [0.15, 0.2) is 30.3 Å². The van der Waals surface area contributed by atoms with Crippen molar-refractivity contribution in [1.82, 2.24) is 9.80 Å². The lowest BCUT2D eigenvalue weighted by Gasteiger charge is -2.39. The van der Waals surface area contributed by atoms with Gasteiger partial charge in [-0.15, -0.1) is 0 Å². The normalized spacial score (nSPS) is 30.6. The van der Waals surface area contributed by atoms with Crippen LogP contribution in [0.2, 0.25) is 6.04 Å². The molecule has 7 heteroatoms. The van der Waals surface area contributed by atoms with Crippen LogP contribution in [0.4, 0.5) is 5.69 Å². The number of hydrogen-bond acceptors (Lipinski definition) is 6. The van der Waals surface area contributed by atoms with Gasteiger partial charge in [-0.25, -0.2) is 0 Å². The third-order valence-corrected chi connectivity index (χ3v) is 8.54. The van der Waals surface area contributed by atoms with Crippen LogP contribution in [0.1, 0.15) is 6.42 Å². The summed E-state index contributed by atoms with van der Waals surface area (Å²) >= 11 is 0. The van der Waals surface area contributed by atoms with Gasteiger partial charge in [0, 0.05) is 57.5 Å². The predicted molar refractivity (Wildman–Crippen MR) is 105 cm³/mol. The Morgan fingerprint density at radius 2 is 1.38 bits per heavy atom. The lowest BCUT2D eigenvalue weighted by atomic mass is 10.2. The summed E-state index contributed by atoms with van der Waals surface area (Å²) in [4.78, 5) is 7.41. The Hall–Kier alpha value is -0.963. The average molecular weight is 378 g/mol. The summed E-state index contributed by atoms with van der Waals surface area (Å²) in [6, 6.07) is 11.7. The molecule has 4 aliphatic rings. The van der Waals surface area contributed by atoms with Gasteiger partial charge in [0.15, 0.2) is 0 Å². The van der Waals surface area contributed by atoms with Crippen LogP contribution in [-0.2, 0) is 13.3 Å². The van der Waals surface area contributed by atoms with Crippen LogP contribution in [0.5, 0.6) is 0 Å². The van der Waals surface area contributed by atoms with Crippen LogP contribution in [0, 0.1) is 0 Å². The van der Waals surface area contributed by atoms with Crippen LogP contribution < -0.4 is 4.90 Å². The first-order chi connectivity index (χ1) is 12.8. The number of fused-ring (bicyclic) bond motifs is 6. The van der Waals surface area contributed by atoms with E-state index < -0.39 is 8.80 Å². The van der Waals surface area contributed by atoms with Crippen LogP contribution >= 0.6 is 0 Å². The van der Waals surface area contributed by atoms with E-state index in [1.165, 1.54) is 5.69 Å². The first-order valence-corrected chi connectivity index (χ1v) is 11.9. The number of para-hydroxylation sites is 1. The molecule has 0 aliphatic carbocycles. The zero-order valence-electron chi connectivity index (χ0n) is 15.6.